The van der Waals surface area contributed by atoms with E-state index in [9.17, 15) is 14.4 Å². The van der Waals surface area contributed by atoms with Gasteiger partial charge in [-0.15, -0.1) is 0 Å². The standard InChI is InChI=1S/C25H37NO8/c1-14(2)32-22(27)19(23(28)33-15(3)4)20-16-10-11-18(30-8)21(31-9)17(16)12-13-26(20)24(29)34-25(5,6)7/h10-11,14-15,19-20H,12-13H2,1-9H3. The molecule has 1 amide bonds. The predicted octanol–water partition coefficient (Wildman–Crippen LogP) is 4.06. The van der Waals surface area contributed by atoms with Crippen molar-refractivity contribution in [2.45, 2.75) is 78.7 Å². The second kappa shape index (κ2) is 11.0. The van der Waals surface area contributed by atoms with Gasteiger partial charge in [-0.1, -0.05) is 6.07 Å². The molecule has 0 bridgehead atoms. The first kappa shape index (κ1) is 27.3. The minimum atomic E-state index is -1.42. The fraction of sp³-hybridized carbons (Fsp3) is 0.640. The van der Waals surface area contributed by atoms with Crippen LogP contribution in [0.5, 0.6) is 11.5 Å². The van der Waals surface area contributed by atoms with Crippen LogP contribution in [0.2, 0.25) is 0 Å². The van der Waals surface area contributed by atoms with Crippen molar-refractivity contribution in [1.29, 1.82) is 0 Å². The topological polar surface area (TPSA) is 101 Å². The predicted molar refractivity (Wildman–Crippen MR) is 125 cm³/mol. The molecule has 0 saturated carbocycles. The molecule has 1 atom stereocenters. The average molecular weight is 480 g/mol. The van der Waals surface area contributed by atoms with Crippen LogP contribution in [-0.2, 0) is 30.2 Å². The van der Waals surface area contributed by atoms with Gasteiger partial charge >= 0.3 is 18.0 Å². The summed E-state index contributed by atoms with van der Waals surface area (Å²) in [6.07, 6.45) is -1.16. The lowest BCUT2D eigenvalue weighted by Gasteiger charge is -2.41. The third kappa shape index (κ3) is 6.33. The number of esters is 2. The molecule has 0 radical (unpaired) electrons. The fourth-order valence-electron chi connectivity index (χ4n) is 3.93. The van der Waals surface area contributed by atoms with Gasteiger partial charge in [-0.05, 0) is 66.5 Å². The maximum absolute atomic E-state index is 13.3. The minimum Gasteiger partial charge on any atom is -0.493 e. The number of rotatable bonds is 7. The van der Waals surface area contributed by atoms with Crippen LogP contribution in [0.4, 0.5) is 4.79 Å². The number of benzene rings is 1. The van der Waals surface area contributed by atoms with Gasteiger partial charge in [-0.2, -0.15) is 0 Å². The smallest absolute Gasteiger partial charge is 0.410 e. The van der Waals surface area contributed by atoms with E-state index in [1.54, 1.807) is 60.6 Å². The molecule has 0 fully saturated rings. The van der Waals surface area contributed by atoms with Gasteiger partial charge < -0.3 is 23.7 Å². The Morgan fingerprint density at radius 3 is 1.94 bits per heavy atom. The van der Waals surface area contributed by atoms with Crippen molar-refractivity contribution < 1.29 is 38.1 Å². The SMILES string of the molecule is COc1ccc2c(c1OC)CCN(C(=O)OC(C)(C)C)C2C(C(=O)OC(C)C)C(=O)OC(C)C. The molecular formula is C25H37NO8. The van der Waals surface area contributed by atoms with Crippen molar-refractivity contribution in [3.05, 3.63) is 23.3 Å². The van der Waals surface area contributed by atoms with E-state index in [0.29, 0.717) is 23.5 Å². The summed E-state index contributed by atoms with van der Waals surface area (Å²) < 4.78 is 27.5. The molecule has 1 aromatic rings. The Morgan fingerprint density at radius 2 is 1.50 bits per heavy atom. The molecule has 0 N–H and O–H groups in total. The van der Waals surface area contributed by atoms with E-state index < -0.39 is 47.8 Å². The van der Waals surface area contributed by atoms with Crippen molar-refractivity contribution >= 4 is 18.0 Å². The summed E-state index contributed by atoms with van der Waals surface area (Å²) in [5.41, 5.74) is 0.541. The summed E-state index contributed by atoms with van der Waals surface area (Å²) in [7, 11) is 3.05. The number of hydrogen-bond donors (Lipinski definition) is 0. The van der Waals surface area contributed by atoms with Gasteiger partial charge in [-0.3, -0.25) is 14.5 Å². The van der Waals surface area contributed by atoms with E-state index in [4.69, 9.17) is 23.7 Å². The van der Waals surface area contributed by atoms with E-state index in [-0.39, 0.29) is 6.54 Å². The van der Waals surface area contributed by atoms with Crippen LogP contribution in [0.3, 0.4) is 0 Å². The Kier molecular flexibility index (Phi) is 8.80. The van der Waals surface area contributed by atoms with Gasteiger partial charge in [0.1, 0.15) is 5.60 Å². The van der Waals surface area contributed by atoms with Crippen LogP contribution in [0, 0.1) is 5.92 Å². The van der Waals surface area contributed by atoms with Crippen molar-refractivity contribution in [3.8, 4) is 11.5 Å². The molecule has 190 valence electrons. The molecule has 1 heterocycles. The van der Waals surface area contributed by atoms with E-state index in [1.165, 1.54) is 19.1 Å². The third-order valence-corrected chi connectivity index (χ3v) is 5.10. The quantitative estimate of drug-likeness (QED) is 0.328. The minimum absolute atomic E-state index is 0.191. The van der Waals surface area contributed by atoms with E-state index in [2.05, 4.69) is 0 Å². The van der Waals surface area contributed by atoms with Gasteiger partial charge in [-0.25, -0.2) is 4.79 Å². The highest BCUT2D eigenvalue weighted by molar-refractivity contribution is 5.97. The first-order chi connectivity index (χ1) is 15.8. The summed E-state index contributed by atoms with van der Waals surface area (Å²) in [6, 6.07) is 2.40. The first-order valence-corrected chi connectivity index (χ1v) is 11.4. The molecule has 9 nitrogen and oxygen atoms in total. The van der Waals surface area contributed by atoms with Gasteiger partial charge in [0.2, 0.25) is 0 Å². The molecule has 2 rings (SSSR count). The lowest BCUT2D eigenvalue weighted by Crippen LogP contribution is -2.50. The summed E-state index contributed by atoms with van der Waals surface area (Å²) >= 11 is 0. The lowest BCUT2D eigenvalue weighted by atomic mass is 9.84. The zero-order valence-corrected chi connectivity index (χ0v) is 21.6. The van der Waals surface area contributed by atoms with Gasteiger partial charge in [0.15, 0.2) is 17.4 Å². The number of carbonyl (C=O) groups excluding carboxylic acids is 3. The molecule has 1 aliphatic heterocycles. The van der Waals surface area contributed by atoms with Crippen molar-refractivity contribution in [2.24, 2.45) is 5.92 Å². The van der Waals surface area contributed by atoms with E-state index in [0.717, 1.165) is 5.56 Å². The largest absolute Gasteiger partial charge is 0.493 e. The summed E-state index contributed by atoms with van der Waals surface area (Å²) in [6.45, 7) is 12.2. The highest BCUT2D eigenvalue weighted by Gasteiger charge is 2.48. The Morgan fingerprint density at radius 1 is 0.941 bits per heavy atom. The maximum Gasteiger partial charge on any atom is 0.410 e. The van der Waals surface area contributed by atoms with Gasteiger partial charge in [0, 0.05) is 12.1 Å². The second-order valence-corrected chi connectivity index (χ2v) is 9.69. The molecular weight excluding hydrogens is 442 g/mol. The van der Waals surface area contributed by atoms with Crippen LogP contribution >= 0.6 is 0 Å². The van der Waals surface area contributed by atoms with Crippen LogP contribution in [-0.4, -0.2) is 61.5 Å². The highest BCUT2D eigenvalue weighted by atomic mass is 16.6. The lowest BCUT2D eigenvalue weighted by molar-refractivity contribution is -0.170. The normalized spacial score (nSPS) is 15.8. The molecule has 34 heavy (non-hydrogen) atoms. The summed E-state index contributed by atoms with van der Waals surface area (Å²) in [4.78, 5) is 41.2. The fourth-order valence-corrected chi connectivity index (χ4v) is 3.93. The summed E-state index contributed by atoms with van der Waals surface area (Å²) in [5.74, 6) is -1.98. The van der Waals surface area contributed by atoms with Crippen LogP contribution in [0.1, 0.15) is 65.6 Å². The van der Waals surface area contributed by atoms with Crippen LogP contribution < -0.4 is 9.47 Å². The number of hydrogen-bond acceptors (Lipinski definition) is 8. The van der Waals surface area contributed by atoms with Crippen molar-refractivity contribution in [2.75, 3.05) is 20.8 Å². The number of ether oxygens (including phenoxy) is 5. The van der Waals surface area contributed by atoms with Gasteiger partial charge in [0.05, 0.1) is 32.5 Å². The van der Waals surface area contributed by atoms with Crippen molar-refractivity contribution in [1.82, 2.24) is 4.90 Å². The Hall–Kier alpha value is -2.97. The summed E-state index contributed by atoms with van der Waals surface area (Å²) in [5, 5.41) is 0. The van der Waals surface area contributed by atoms with Crippen molar-refractivity contribution in [3.63, 3.8) is 0 Å². The highest BCUT2D eigenvalue weighted by Crippen LogP contribution is 2.44. The molecule has 0 saturated heterocycles. The Bertz CT molecular complexity index is 881. The average Bonchev–Trinajstić information content (AvgIpc) is 2.70. The number of fused-ring (bicyclic) bond motifs is 1. The molecule has 9 heteroatoms. The van der Waals surface area contributed by atoms with Crippen LogP contribution in [0.15, 0.2) is 12.1 Å². The first-order valence-electron chi connectivity index (χ1n) is 11.4. The number of amides is 1. The maximum atomic E-state index is 13.3. The van der Waals surface area contributed by atoms with Crippen LogP contribution in [0.25, 0.3) is 0 Å². The molecule has 1 aliphatic rings. The molecule has 0 spiro atoms. The number of carbonyl (C=O) groups is 3. The number of methoxy groups -OCH3 is 2. The Labute approximate surface area is 201 Å². The zero-order valence-electron chi connectivity index (χ0n) is 21.6. The number of nitrogens with zero attached hydrogens (tertiary/aromatic N) is 1. The van der Waals surface area contributed by atoms with Gasteiger partial charge in [0.25, 0.3) is 0 Å². The monoisotopic (exact) mass is 479 g/mol. The van der Waals surface area contributed by atoms with E-state index >= 15 is 0 Å². The van der Waals surface area contributed by atoms with E-state index in [1.807, 2.05) is 0 Å². The Balaban J connectivity index is 2.72. The molecule has 0 aliphatic carbocycles. The second-order valence-electron chi connectivity index (χ2n) is 9.69. The zero-order chi connectivity index (χ0) is 25.8. The molecule has 1 aromatic carbocycles. The third-order valence-electron chi connectivity index (χ3n) is 5.10. The molecule has 0 aromatic heterocycles. The molecule has 1 unspecified atom stereocenters.